The van der Waals surface area contributed by atoms with E-state index in [1.54, 1.807) is 24.3 Å². The van der Waals surface area contributed by atoms with Crippen molar-refractivity contribution < 1.29 is 19.2 Å². The summed E-state index contributed by atoms with van der Waals surface area (Å²) >= 11 is 0. The van der Waals surface area contributed by atoms with Crippen LogP contribution in [0.25, 0.3) is 0 Å². The largest absolute Gasteiger partial charge is 0.484 e. The summed E-state index contributed by atoms with van der Waals surface area (Å²) in [6.45, 7) is -0.293. The van der Waals surface area contributed by atoms with Crippen LogP contribution in [-0.4, -0.2) is 30.4 Å². The summed E-state index contributed by atoms with van der Waals surface area (Å²) in [5, 5.41) is 15.8. The molecule has 2 rings (SSSR count). The molecule has 8 nitrogen and oxygen atoms in total. The molecule has 0 aliphatic rings. The molecule has 24 heavy (non-hydrogen) atoms. The van der Waals surface area contributed by atoms with Gasteiger partial charge in [0.15, 0.2) is 6.61 Å². The highest BCUT2D eigenvalue weighted by Gasteiger charge is 2.09. The molecule has 0 saturated heterocycles. The minimum absolute atomic E-state index is 0.113. The Labute approximate surface area is 137 Å². The van der Waals surface area contributed by atoms with E-state index in [1.807, 2.05) is 0 Å². The molecule has 8 heteroatoms. The molecule has 2 aromatic carbocycles. The third-order valence-corrected chi connectivity index (χ3v) is 3.06. The first-order valence-electron chi connectivity index (χ1n) is 6.99. The fraction of sp³-hybridized carbons (Fsp3) is 0.125. The van der Waals surface area contributed by atoms with Crippen molar-refractivity contribution in [1.29, 1.82) is 0 Å². The van der Waals surface area contributed by atoms with Crippen LogP contribution in [0.5, 0.6) is 5.75 Å². The van der Waals surface area contributed by atoms with Gasteiger partial charge >= 0.3 is 0 Å². The molecule has 0 aliphatic carbocycles. The Kier molecular flexibility index (Phi) is 5.45. The van der Waals surface area contributed by atoms with E-state index in [0.717, 1.165) is 0 Å². The fourth-order valence-electron chi connectivity index (χ4n) is 1.88. The van der Waals surface area contributed by atoms with E-state index >= 15 is 0 Å². The van der Waals surface area contributed by atoms with E-state index in [2.05, 4.69) is 10.6 Å². The summed E-state index contributed by atoms with van der Waals surface area (Å²) in [5.74, 6) is -0.412. The number of carbonyl (C=O) groups excluding carboxylic acids is 2. The number of nitro groups is 1. The van der Waals surface area contributed by atoms with Crippen molar-refractivity contribution in [3.05, 3.63) is 64.2 Å². The number of non-ortho nitro benzene ring substituents is 1. The van der Waals surface area contributed by atoms with Gasteiger partial charge in [0.05, 0.1) is 11.0 Å². The highest BCUT2D eigenvalue weighted by molar-refractivity contribution is 5.95. The summed E-state index contributed by atoms with van der Waals surface area (Å²) in [6.07, 6.45) is 0. The molecule has 0 atom stereocenters. The average molecular weight is 329 g/mol. The van der Waals surface area contributed by atoms with Gasteiger partial charge < -0.3 is 15.4 Å². The Bertz CT molecular complexity index is 759. The summed E-state index contributed by atoms with van der Waals surface area (Å²) in [4.78, 5) is 33.4. The Morgan fingerprint density at radius 1 is 1.17 bits per heavy atom. The fourth-order valence-corrected chi connectivity index (χ4v) is 1.88. The van der Waals surface area contributed by atoms with Crippen LogP contribution < -0.4 is 15.4 Å². The van der Waals surface area contributed by atoms with Crippen LogP contribution in [0.15, 0.2) is 48.5 Å². The van der Waals surface area contributed by atoms with Crippen LogP contribution in [0.3, 0.4) is 0 Å². The van der Waals surface area contributed by atoms with Gasteiger partial charge in [0, 0.05) is 24.4 Å². The molecule has 0 spiro atoms. The molecular formula is C16H15N3O5. The number of hydrogen-bond donors (Lipinski definition) is 2. The Morgan fingerprint density at radius 3 is 2.50 bits per heavy atom. The minimum Gasteiger partial charge on any atom is -0.484 e. The molecule has 0 aliphatic heterocycles. The number of nitro benzene ring substituents is 1. The number of benzene rings is 2. The minimum atomic E-state index is -0.541. The van der Waals surface area contributed by atoms with Crippen LogP contribution >= 0.6 is 0 Å². The van der Waals surface area contributed by atoms with Crippen molar-refractivity contribution in [2.75, 3.05) is 19.0 Å². The lowest BCUT2D eigenvalue weighted by molar-refractivity contribution is -0.384. The molecule has 124 valence electrons. The first-order valence-corrected chi connectivity index (χ1v) is 6.99. The maximum absolute atomic E-state index is 11.8. The highest BCUT2D eigenvalue weighted by Crippen LogP contribution is 2.19. The molecule has 0 saturated carbocycles. The van der Waals surface area contributed by atoms with E-state index < -0.39 is 10.8 Å². The molecular weight excluding hydrogens is 314 g/mol. The number of hydrogen-bond acceptors (Lipinski definition) is 5. The van der Waals surface area contributed by atoms with Crippen molar-refractivity contribution in [1.82, 2.24) is 5.32 Å². The van der Waals surface area contributed by atoms with Crippen molar-refractivity contribution in [2.24, 2.45) is 0 Å². The molecule has 0 unspecified atom stereocenters. The second-order valence-corrected chi connectivity index (χ2v) is 4.75. The van der Waals surface area contributed by atoms with Crippen LogP contribution in [0.4, 0.5) is 11.4 Å². The topological polar surface area (TPSA) is 111 Å². The van der Waals surface area contributed by atoms with Crippen LogP contribution in [0, 0.1) is 10.1 Å². The van der Waals surface area contributed by atoms with E-state index in [9.17, 15) is 19.7 Å². The number of anilines is 1. The number of ether oxygens (including phenoxy) is 1. The maximum atomic E-state index is 11.8. The van der Waals surface area contributed by atoms with Crippen molar-refractivity contribution in [3.63, 3.8) is 0 Å². The van der Waals surface area contributed by atoms with E-state index in [0.29, 0.717) is 11.3 Å². The molecule has 0 aromatic heterocycles. The van der Waals surface area contributed by atoms with E-state index in [-0.39, 0.29) is 24.0 Å². The number of nitrogens with zero attached hydrogens (tertiary/aromatic N) is 1. The van der Waals surface area contributed by atoms with Gasteiger partial charge in [-0.2, -0.15) is 0 Å². The van der Waals surface area contributed by atoms with Gasteiger partial charge in [-0.05, 0) is 30.3 Å². The first-order chi connectivity index (χ1) is 11.5. The van der Waals surface area contributed by atoms with Crippen LogP contribution in [-0.2, 0) is 4.79 Å². The predicted octanol–water partition coefficient (Wildman–Crippen LogP) is 1.97. The summed E-state index contributed by atoms with van der Waals surface area (Å²) < 4.78 is 5.23. The number of nitrogens with one attached hydrogen (secondary N) is 2. The second kappa shape index (κ2) is 7.73. The van der Waals surface area contributed by atoms with E-state index in [1.165, 1.54) is 31.3 Å². The van der Waals surface area contributed by atoms with Crippen molar-refractivity contribution in [3.8, 4) is 5.75 Å². The third-order valence-electron chi connectivity index (χ3n) is 3.06. The van der Waals surface area contributed by atoms with Crippen molar-refractivity contribution in [2.45, 2.75) is 0 Å². The van der Waals surface area contributed by atoms with E-state index in [4.69, 9.17) is 4.74 Å². The van der Waals surface area contributed by atoms with Gasteiger partial charge in [0.1, 0.15) is 5.75 Å². The smallest absolute Gasteiger partial charge is 0.273 e. The summed E-state index contributed by atoms with van der Waals surface area (Å²) in [5.41, 5.74) is 0.872. The van der Waals surface area contributed by atoms with Crippen molar-refractivity contribution >= 4 is 23.2 Å². The van der Waals surface area contributed by atoms with Crippen LogP contribution in [0.2, 0.25) is 0 Å². The SMILES string of the molecule is CNC(=O)c1ccc(NC(=O)COc2cccc([N+](=O)[O-])c2)cc1. The Hall–Kier alpha value is -3.42. The Balaban J connectivity index is 1.90. The second-order valence-electron chi connectivity index (χ2n) is 4.75. The number of amides is 2. The van der Waals surface area contributed by atoms with Gasteiger partial charge in [0.25, 0.3) is 17.5 Å². The molecule has 2 amide bonds. The highest BCUT2D eigenvalue weighted by atomic mass is 16.6. The molecule has 0 heterocycles. The molecule has 2 aromatic rings. The third kappa shape index (κ3) is 4.54. The standard InChI is InChI=1S/C16H15N3O5/c1-17-16(21)11-5-7-12(8-6-11)18-15(20)10-24-14-4-2-3-13(9-14)19(22)23/h2-9H,10H2,1H3,(H,17,21)(H,18,20). The zero-order valence-electron chi connectivity index (χ0n) is 12.8. The van der Waals surface area contributed by atoms with Gasteiger partial charge in [-0.15, -0.1) is 0 Å². The summed E-state index contributed by atoms with van der Waals surface area (Å²) in [7, 11) is 1.53. The normalized spacial score (nSPS) is 9.88. The quantitative estimate of drug-likeness (QED) is 0.622. The van der Waals surface area contributed by atoms with Gasteiger partial charge in [0.2, 0.25) is 0 Å². The molecule has 0 fully saturated rings. The lowest BCUT2D eigenvalue weighted by Crippen LogP contribution is -2.20. The predicted molar refractivity (Wildman–Crippen MR) is 87.1 cm³/mol. The summed E-state index contributed by atoms with van der Waals surface area (Å²) in [6, 6.07) is 11.9. The van der Waals surface area contributed by atoms with Crippen LogP contribution in [0.1, 0.15) is 10.4 Å². The zero-order valence-corrected chi connectivity index (χ0v) is 12.8. The monoisotopic (exact) mass is 329 g/mol. The number of carbonyl (C=O) groups is 2. The van der Waals surface area contributed by atoms with Gasteiger partial charge in [-0.25, -0.2) is 0 Å². The Morgan fingerprint density at radius 2 is 1.88 bits per heavy atom. The first kappa shape index (κ1) is 16.9. The van der Waals surface area contributed by atoms with Gasteiger partial charge in [-0.1, -0.05) is 6.07 Å². The number of rotatable bonds is 6. The maximum Gasteiger partial charge on any atom is 0.273 e. The average Bonchev–Trinajstić information content (AvgIpc) is 2.60. The molecule has 0 radical (unpaired) electrons. The molecule has 2 N–H and O–H groups in total. The lowest BCUT2D eigenvalue weighted by atomic mass is 10.2. The zero-order chi connectivity index (χ0) is 17.5. The van der Waals surface area contributed by atoms with Gasteiger partial charge in [-0.3, -0.25) is 19.7 Å². The lowest BCUT2D eigenvalue weighted by Gasteiger charge is -2.08. The molecule has 0 bridgehead atoms.